The third-order valence-corrected chi connectivity index (χ3v) is 3.05. The summed E-state index contributed by atoms with van der Waals surface area (Å²) in [5.41, 5.74) is 1.03. The van der Waals surface area contributed by atoms with Crippen LogP contribution in [0.5, 0.6) is 5.75 Å². The molecule has 21 heavy (non-hydrogen) atoms. The first-order valence-corrected chi connectivity index (χ1v) is 6.82. The molecule has 0 saturated carbocycles. The summed E-state index contributed by atoms with van der Waals surface area (Å²) in [4.78, 5) is 11.8. The lowest BCUT2D eigenvalue weighted by Gasteiger charge is -2.16. The number of carbonyl (C=O) groups excluding carboxylic acids is 1. The van der Waals surface area contributed by atoms with E-state index in [0.29, 0.717) is 12.3 Å². The lowest BCUT2D eigenvalue weighted by atomic mass is 10.1. The van der Waals surface area contributed by atoms with Crippen molar-refractivity contribution in [2.75, 3.05) is 20.3 Å². The zero-order valence-corrected chi connectivity index (χ0v) is 12.0. The standard InChI is InChI=1S/C17H19NO3/c1-20-16(14-8-4-2-5-9-14)12-18-17(19)13-21-15-10-6-3-7-11-15/h2-11,16H,12-13H2,1H3,(H,18,19). The van der Waals surface area contributed by atoms with Crippen LogP contribution in [0.1, 0.15) is 11.7 Å². The molecular weight excluding hydrogens is 266 g/mol. The molecule has 1 unspecified atom stereocenters. The highest BCUT2D eigenvalue weighted by molar-refractivity contribution is 5.77. The molecule has 2 aromatic rings. The van der Waals surface area contributed by atoms with Gasteiger partial charge in [-0.05, 0) is 17.7 Å². The SMILES string of the molecule is COC(CNC(=O)COc1ccccc1)c1ccccc1. The van der Waals surface area contributed by atoms with Crippen molar-refractivity contribution in [3.63, 3.8) is 0 Å². The van der Waals surface area contributed by atoms with Crippen molar-refractivity contribution in [2.24, 2.45) is 0 Å². The Labute approximate surface area is 124 Å². The van der Waals surface area contributed by atoms with Crippen molar-refractivity contribution in [3.05, 3.63) is 66.2 Å². The summed E-state index contributed by atoms with van der Waals surface area (Å²) < 4.78 is 10.8. The van der Waals surface area contributed by atoms with E-state index in [-0.39, 0.29) is 18.6 Å². The predicted octanol–water partition coefficient (Wildman–Crippen LogP) is 2.57. The van der Waals surface area contributed by atoms with E-state index in [2.05, 4.69) is 5.32 Å². The number of benzene rings is 2. The van der Waals surface area contributed by atoms with Gasteiger partial charge in [0.1, 0.15) is 5.75 Å². The Morgan fingerprint density at radius 3 is 2.29 bits per heavy atom. The van der Waals surface area contributed by atoms with E-state index in [1.807, 2.05) is 60.7 Å². The Bertz CT molecular complexity index is 542. The molecule has 0 fully saturated rings. The van der Waals surface area contributed by atoms with E-state index < -0.39 is 0 Å². The molecule has 0 heterocycles. The van der Waals surface area contributed by atoms with Gasteiger partial charge in [0.2, 0.25) is 0 Å². The van der Waals surface area contributed by atoms with Gasteiger partial charge in [0.15, 0.2) is 6.61 Å². The molecule has 0 aliphatic heterocycles. The fourth-order valence-corrected chi connectivity index (χ4v) is 1.93. The maximum Gasteiger partial charge on any atom is 0.258 e. The Hall–Kier alpha value is -2.33. The number of carbonyl (C=O) groups is 1. The second-order valence-corrected chi connectivity index (χ2v) is 4.54. The first kappa shape index (κ1) is 15.1. The van der Waals surface area contributed by atoms with Gasteiger partial charge >= 0.3 is 0 Å². The average Bonchev–Trinajstić information content (AvgIpc) is 2.55. The predicted molar refractivity (Wildman–Crippen MR) is 81.1 cm³/mol. The summed E-state index contributed by atoms with van der Waals surface area (Å²) in [6.45, 7) is 0.409. The quantitative estimate of drug-likeness (QED) is 0.850. The van der Waals surface area contributed by atoms with Crippen molar-refractivity contribution in [1.29, 1.82) is 0 Å². The number of methoxy groups -OCH3 is 1. The van der Waals surface area contributed by atoms with Crippen LogP contribution in [0.2, 0.25) is 0 Å². The van der Waals surface area contributed by atoms with Gasteiger partial charge < -0.3 is 14.8 Å². The maximum atomic E-state index is 11.8. The van der Waals surface area contributed by atoms with Gasteiger partial charge in [0, 0.05) is 13.7 Å². The molecule has 1 amide bonds. The van der Waals surface area contributed by atoms with Crippen LogP contribution in [0.15, 0.2) is 60.7 Å². The van der Waals surface area contributed by atoms with E-state index in [0.717, 1.165) is 5.56 Å². The zero-order valence-electron chi connectivity index (χ0n) is 12.0. The largest absolute Gasteiger partial charge is 0.484 e. The van der Waals surface area contributed by atoms with Gasteiger partial charge in [-0.15, -0.1) is 0 Å². The smallest absolute Gasteiger partial charge is 0.258 e. The van der Waals surface area contributed by atoms with Gasteiger partial charge in [-0.25, -0.2) is 0 Å². The highest BCUT2D eigenvalue weighted by atomic mass is 16.5. The first-order chi connectivity index (χ1) is 10.3. The summed E-state index contributed by atoms with van der Waals surface area (Å²) in [7, 11) is 1.63. The van der Waals surface area contributed by atoms with E-state index >= 15 is 0 Å². The lowest BCUT2D eigenvalue weighted by Crippen LogP contribution is -2.33. The Morgan fingerprint density at radius 2 is 1.67 bits per heavy atom. The molecule has 0 spiro atoms. The van der Waals surface area contributed by atoms with Gasteiger partial charge in [0.05, 0.1) is 6.10 Å². The molecule has 0 aromatic heterocycles. The number of amides is 1. The molecule has 2 rings (SSSR count). The van der Waals surface area contributed by atoms with Crippen molar-refractivity contribution in [3.8, 4) is 5.75 Å². The van der Waals surface area contributed by atoms with Crippen molar-refractivity contribution in [1.82, 2.24) is 5.32 Å². The van der Waals surface area contributed by atoms with Gasteiger partial charge in [0.25, 0.3) is 5.91 Å². The van der Waals surface area contributed by atoms with E-state index in [1.165, 1.54) is 0 Å². The van der Waals surface area contributed by atoms with Crippen LogP contribution in [0.4, 0.5) is 0 Å². The highest BCUT2D eigenvalue weighted by Gasteiger charge is 2.11. The molecule has 0 radical (unpaired) electrons. The topological polar surface area (TPSA) is 47.6 Å². The number of rotatable bonds is 7. The molecule has 0 bridgehead atoms. The first-order valence-electron chi connectivity index (χ1n) is 6.82. The summed E-state index contributed by atoms with van der Waals surface area (Å²) in [5, 5.41) is 2.81. The minimum atomic E-state index is -0.170. The summed E-state index contributed by atoms with van der Waals surface area (Å²) in [6, 6.07) is 19.0. The normalized spacial score (nSPS) is 11.7. The number of hydrogen-bond acceptors (Lipinski definition) is 3. The summed E-state index contributed by atoms with van der Waals surface area (Å²) in [6.07, 6.45) is -0.160. The van der Waals surface area contributed by atoms with E-state index in [9.17, 15) is 4.79 Å². The van der Waals surface area contributed by atoms with E-state index in [1.54, 1.807) is 7.11 Å². The van der Waals surface area contributed by atoms with Gasteiger partial charge in [-0.1, -0.05) is 48.5 Å². The molecule has 0 aliphatic rings. The highest BCUT2D eigenvalue weighted by Crippen LogP contribution is 2.14. The van der Waals surface area contributed by atoms with Crippen LogP contribution in [0, 0.1) is 0 Å². The van der Waals surface area contributed by atoms with E-state index in [4.69, 9.17) is 9.47 Å². The van der Waals surface area contributed by atoms with Crippen LogP contribution < -0.4 is 10.1 Å². The molecule has 4 heteroatoms. The van der Waals surface area contributed by atoms with Gasteiger partial charge in [-0.3, -0.25) is 4.79 Å². The van der Waals surface area contributed by atoms with Gasteiger partial charge in [-0.2, -0.15) is 0 Å². The molecule has 4 nitrogen and oxygen atoms in total. The van der Waals surface area contributed by atoms with Crippen LogP contribution in [0.25, 0.3) is 0 Å². The molecule has 1 atom stereocenters. The Balaban J connectivity index is 1.77. The number of hydrogen-bond donors (Lipinski definition) is 1. The van der Waals surface area contributed by atoms with Crippen molar-refractivity contribution >= 4 is 5.91 Å². The second-order valence-electron chi connectivity index (χ2n) is 4.54. The van der Waals surface area contributed by atoms with Crippen LogP contribution in [-0.4, -0.2) is 26.2 Å². The number of nitrogens with one attached hydrogen (secondary N) is 1. The lowest BCUT2D eigenvalue weighted by molar-refractivity contribution is -0.123. The maximum absolute atomic E-state index is 11.8. The second kappa shape index (κ2) is 8.07. The minimum absolute atomic E-state index is 0.00472. The van der Waals surface area contributed by atoms with Crippen molar-refractivity contribution < 1.29 is 14.3 Å². The summed E-state index contributed by atoms with van der Waals surface area (Å²) in [5.74, 6) is 0.510. The zero-order chi connectivity index (χ0) is 14.9. The molecule has 0 saturated heterocycles. The van der Waals surface area contributed by atoms with Crippen LogP contribution >= 0.6 is 0 Å². The monoisotopic (exact) mass is 285 g/mol. The Morgan fingerprint density at radius 1 is 1.05 bits per heavy atom. The fraction of sp³-hybridized carbons (Fsp3) is 0.235. The Kier molecular flexibility index (Phi) is 5.79. The van der Waals surface area contributed by atoms with Crippen LogP contribution in [-0.2, 0) is 9.53 Å². The third kappa shape index (κ3) is 4.93. The molecule has 110 valence electrons. The van der Waals surface area contributed by atoms with Crippen molar-refractivity contribution in [2.45, 2.75) is 6.10 Å². The molecule has 0 aliphatic carbocycles. The number of para-hydroxylation sites is 1. The minimum Gasteiger partial charge on any atom is -0.484 e. The molecular formula is C17H19NO3. The third-order valence-electron chi connectivity index (χ3n) is 3.05. The van der Waals surface area contributed by atoms with Crippen LogP contribution in [0.3, 0.4) is 0 Å². The molecule has 2 aromatic carbocycles. The fourth-order valence-electron chi connectivity index (χ4n) is 1.93. The molecule has 1 N–H and O–H groups in total. The average molecular weight is 285 g/mol. The number of ether oxygens (including phenoxy) is 2. The summed E-state index contributed by atoms with van der Waals surface area (Å²) >= 11 is 0.